The van der Waals surface area contributed by atoms with E-state index in [2.05, 4.69) is 21.0 Å². The average Bonchev–Trinajstić information content (AvgIpc) is 3.28. The molecule has 8 heteroatoms. The van der Waals surface area contributed by atoms with Gasteiger partial charge in [0, 0.05) is 42.7 Å². The SMILES string of the molecule is O=C(CC1CCC(c2cc[nH]c3cnc4nccc4c23)CC1)N1CCCC(C(F)(F)F)C1. The van der Waals surface area contributed by atoms with Crippen molar-refractivity contribution in [2.24, 2.45) is 11.8 Å². The number of alkyl halides is 3. The number of amides is 1. The van der Waals surface area contributed by atoms with Crippen LogP contribution in [-0.4, -0.2) is 45.0 Å². The van der Waals surface area contributed by atoms with E-state index in [0.717, 1.165) is 42.2 Å². The molecule has 0 bridgehead atoms. The number of aromatic amines is 1. The molecule has 1 saturated carbocycles. The number of likely N-dealkylation sites (tertiary alicyclic amines) is 1. The van der Waals surface area contributed by atoms with E-state index in [0.29, 0.717) is 25.3 Å². The highest BCUT2D eigenvalue weighted by Gasteiger charge is 2.42. The minimum Gasteiger partial charge on any atom is -0.360 e. The van der Waals surface area contributed by atoms with Crippen LogP contribution in [0.3, 0.4) is 0 Å². The van der Waals surface area contributed by atoms with E-state index in [-0.39, 0.29) is 24.8 Å². The zero-order chi connectivity index (χ0) is 22.3. The fourth-order valence-corrected chi connectivity index (χ4v) is 5.55. The van der Waals surface area contributed by atoms with Crippen molar-refractivity contribution < 1.29 is 18.0 Å². The minimum absolute atomic E-state index is 0.113. The number of H-pyrrole nitrogens is 1. The number of pyridine rings is 2. The number of halogens is 3. The summed E-state index contributed by atoms with van der Waals surface area (Å²) in [4.78, 5) is 26.2. The third kappa shape index (κ3) is 4.07. The molecule has 5 nitrogen and oxygen atoms in total. The molecule has 1 amide bonds. The highest BCUT2D eigenvalue weighted by molar-refractivity contribution is 6.05. The monoisotopic (exact) mass is 444 g/mol. The molecule has 3 aromatic heterocycles. The maximum Gasteiger partial charge on any atom is 0.393 e. The minimum atomic E-state index is -4.22. The first-order valence-electron chi connectivity index (χ1n) is 11.5. The number of nitrogens with one attached hydrogen (secondary N) is 1. The molecule has 1 aliphatic heterocycles. The van der Waals surface area contributed by atoms with E-state index in [1.54, 1.807) is 6.20 Å². The predicted octanol–water partition coefficient (Wildman–Crippen LogP) is 5.58. The van der Waals surface area contributed by atoms with Gasteiger partial charge in [0.1, 0.15) is 0 Å². The van der Waals surface area contributed by atoms with Crippen molar-refractivity contribution in [3.63, 3.8) is 0 Å². The van der Waals surface area contributed by atoms with Gasteiger partial charge in [0.15, 0.2) is 5.65 Å². The van der Waals surface area contributed by atoms with Crippen LogP contribution in [0.25, 0.3) is 21.9 Å². The van der Waals surface area contributed by atoms with Crippen molar-refractivity contribution in [2.45, 2.75) is 57.0 Å². The van der Waals surface area contributed by atoms with Crippen LogP contribution in [0.15, 0.2) is 30.7 Å². The number of piperidine rings is 1. The average molecular weight is 445 g/mol. The van der Waals surface area contributed by atoms with Crippen molar-refractivity contribution in [1.29, 1.82) is 0 Å². The van der Waals surface area contributed by atoms with E-state index >= 15 is 0 Å². The topological polar surface area (TPSA) is 61.9 Å². The Kier molecular flexibility index (Phi) is 5.55. The summed E-state index contributed by atoms with van der Waals surface area (Å²) in [6.07, 6.45) is 6.04. The van der Waals surface area contributed by atoms with E-state index in [1.807, 2.05) is 18.5 Å². The highest BCUT2D eigenvalue weighted by atomic mass is 19.4. The molecule has 0 aromatic carbocycles. The molecular formula is C24H27F3N4O. The second-order valence-corrected chi connectivity index (χ2v) is 9.30. The van der Waals surface area contributed by atoms with Gasteiger partial charge in [0.25, 0.3) is 0 Å². The lowest BCUT2D eigenvalue weighted by Crippen LogP contribution is -2.45. The van der Waals surface area contributed by atoms with E-state index in [9.17, 15) is 18.0 Å². The zero-order valence-corrected chi connectivity index (χ0v) is 17.9. The number of nitrogens with zero attached hydrogens (tertiary/aromatic N) is 3. The Hall–Kier alpha value is -2.64. The smallest absolute Gasteiger partial charge is 0.360 e. The molecule has 170 valence electrons. The Labute approximate surface area is 184 Å². The third-order valence-electron chi connectivity index (χ3n) is 7.31. The molecule has 2 aliphatic rings. The number of fused-ring (bicyclic) bond motifs is 3. The number of aromatic nitrogens is 3. The third-order valence-corrected chi connectivity index (χ3v) is 7.31. The summed E-state index contributed by atoms with van der Waals surface area (Å²) in [5.41, 5.74) is 3.02. The summed E-state index contributed by atoms with van der Waals surface area (Å²) in [5, 5.41) is 2.22. The van der Waals surface area contributed by atoms with Crippen LogP contribution in [-0.2, 0) is 4.79 Å². The van der Waals surface area contributed by atoms with Crippen molar-refractivity contribution in [3.8, 4) is 0 Å². The van der Waals surface area contributed by atoms with E-state index in [1.165, 1.54) is 15.8 Å². The summed E-state index contributed by atoms with van der Waals surface area (Å²) < 4.78 is 39.2. The van der Waals surface area contributed by atoms with Crippen LogP contribution in [0.1, 0.15) is 56.4 Å². The van der Waals surface area contributed by atoms with Crippen LogP contribution in [0.4, 0.5) is 13.2 Å². The molecule has 0 radical (unpaired) electrons. The number of hydrogen-bond acceptors (Lipinski definition) is 3. The zero-order valence-electron chi connectivity index (χ0n) is 17.9. The molecule has 0 spiro atoms. The Morgan fingerprint density at radius 3 is 2.72 bits per heavy atom. The van der Waals surface area contributed by atoms with Gasteiger partial charge in [-0.05, 0) is 68.1 Å². The molecule has 3 aromatic rings. The van der Waals surface area contributed by atoms with Crippen LogP contribution in [0, 0.1) is 11.8 Å². The molecule has 1 N–H and O–H groups in total. The maximum absolute atomic E-state index is 13.1. The summed E-state index contributed by atoms with van der Waals surface area (Å²) in [5.74, 6) is -0.855. The number of hydrogen-bond donors (Lipinski definition) is 1. The van der Waals surface area contributed by atoms with Gasteiger partial charge in [-0.2, -0.15) is 13.2 Å². The number of rotatable bonds is 3. The summed E-state index contributed by atoms with van der Waals surface area (Å²) in [6, 6.07) is 4.13. The fourth-order valence-electron chi connectivity index (χ4n) is 5.55. The van der Waals surface area contributed by atoms with E-state index < -0.39 is 12.1 Å². The molecule has 4 heterocycles. The molecular weight excluding hydrogens is 417 g/mol. The second-order valence-electron chi connectivity index (χ2n) is 9.30. The number of carbonyl (C=O) groups excluding carboxylic acids is 1. The van der Waals surface area contributed by atoms with Gasteiger partial charge < -0.3 is 9.88 Å². The first-order chi connectivity index (χ1) is 15.4. The predicted molar refractivity (Wildman–Crippen MR) is 116 cm³/mol. The molecule has 1 atom stereocenters. The quantitative estimate of drug-likeness (QED) is 0.574. The highest BCUT2D eigenvalue weighted by Crippen LogP contribution is 2.41. The van der Waals surface area contributed by atoms with Crippen LogP contribution < -0.4 is 0 Å². The molecule has 1 aliphatic carbocycles. The summed E-state index contributed by atoms with van der Waals surface area (Å²) in [6.45, 7) is 0.271. The van der Waals surface area contributed by atoms with Crippen LogP contribution in [0.2, 0.25) is 0 Å². The van der Waals surface area contributed by atoms with Crippen molar-refractivity contribution >= 4 is 27.8 Å². The van der Waals surface area contributed by atoms with Crippen molar-refractivity contribution in [2.75, 3.05) is 13.1 Å². The Morgan fingerprint density at radius 1 is 1.12 bits per heavy atom. The molecule has 5 rings (SSSR count). The molecule has 2 fully saturated rings. The summed E-state index contributed by atoms with van der Waals surface area (Å²) >= 11 is 0. The molecule has 1 unspecified atom stereocenters. The Bertz CT molecular complexity index is 1120. The lowest BCUT2D eigenvalue weighted by molar-refractivity contribution is -0.188. The lowest BCUT2D eigenvalue weighted by atomic mass is 9.76. The van der Waals surface area contributed by atoms with Gasteiger partial charge in [-0.25, -0.2) is 9.97 Å². The Balaban J connectivity index is 1.24. The van der Waals surface area contributed by atoms with E-state index in [4.69, 9.17) is 0 Å². The van der Waals surface area contributed by atoms with Crippen molar-refractivity contribution in [3.05, 3.63) is 36.3 Å². The molecule has 1 saturated heterocycles. The standard InChI is InChI=1S/C24H27F3N4O/c25-24(26,27)17-2-1-11-31(14-17)21(32)12-15-3-5-16(6-4-15)18-7-9-28-20-13-30-23-19(22(18)20)8-10-29-23/h7-10,13,15-17,28H,1-6,11-12,14H2. The largest absolute Gasteiger partial charge is 0.393 e. The van der Waals surface area contributed by atoms with Crippen LogP contribution >= 0.6 is 0 Å². The number of carbonyl (C=O) groups is 1. The Morgan fingerprint density at radius 2 is 1.94 bits per heavy atom. The summed E-state index contributed by atoms with van der Waals surface area (Å²) in [7, 11) is 0. The normalized spacial score (nSPS) is 24.8. The van der Waals surface area contributed by atoms with Crippen molar-refractivity contribution in [1.82, 2.24) is 19.9 Å². The van der Waals surface area contributed by atoms with Crippen LogP contribution in [0.5, 0.6) is 0 Å². The van der Waals surface area contributed by atoms with Gasteiger partial charge in [-0.3, -0.25) is 4.79 Å². The molecule has 32 heavy (non-hydrogen) atoms. The first-order valence-corrected chi connectivity index (χ1v) is 11.5. The first kappa shape index (κ1) is 21.2. The van der Waals surface area contributed by atoms with Gasteiger partial charge in [-0.1, -0.05) is 0 Å². The van der Waals surface area contributed by atoms with Gasteiger partial charge in [-0.15, -0.1) is 0 Å². The van der Waals surface area contributed by atoms with Gasteiger partial charge in [0.2, 0.25) is 5.91 Å². The van der Waals surface area contributed by atoms with Gasteiger partial charge >= 0.3 is 6.18 Å². The second kappa shape index (κ2) is 8.37. The fraction of sp³-hybridized carbons (Fsp3) is 0.542. The maximum atomic E-state index is 13.1. The lowest BCUT2D eigenvalue weighted by Gasteiger charge is -2.35. The van der Waals surface area contributed by atoms with Gasteiger partial charge in [0.05, 0.1) is 17.6 Å².